The number of barbiturate groups is 1. The van der Waals surface area contributed by atoms with Crippen LogP contribution in [0.5, 0.6) is 11.5 Å². The standard InChI is InChI=1S/C28H32F2N4O7S/c1-15-5-6-18(14-31-15)41-17-7-8-20(29)19(13-17)23(33-42(39)28(2,3)4)22(30)24(35)21-25(36)32-27(38)34(26(21)37)16-9-11-40-12-10-16/h5-8,13-14,16,21-23,33H,9-12H2,1-4H3,(H,32,36,38)/t21?,22-,23+,42?/m1/s1. The Hall–Kier alpha value is -3.46. The van der Waals surface area contributed by atoms with Gasteiger partial charge in [-0.25, -0.2) is 13.6 Å². The Kier molecular flexibility index (Phi) is 9.60. The maximum Gasteiger partial charge on any atom is 0.331 e. The summed E-state index contributed by atoms with van der Waals surface area (Å²) >= 11 is -2.02. The number of benzene rings is 1. The summed E-state index contributed by atoms with van der Waals surface area (Å²) in [5, 5.41) is 1.96. The maximum atomic E-state index is 16.3. The lowest BCUT2D eigenvalue weighted by atomic mass is 9.89. The molecule has 226 valence electrons. The monoisotopic (exact) mass is 606 g/mol. The minimum atomic E-state index is -2.73. The molecule has 1 aromatic heterocycles. The second-order valence-electron chi connectivity index (χ2n) is 11.0. The Morgan fingerprint density at radius 3 is 2.48 bits per heavy atom. The third-order valence-corrected chi connectivity index (χ3v) is 8.39. The smallest absolute Gasteiger partial charge is 0.331 e. The van der Waals surface area contributed by atoms with Crippen LogP contribution < -0.4 is 14.8 Å². The third-order valence-electron chi connectivity index (χ3n) is 6.81. The van der Waals surface area contributed by atoms with Crippen LogP contribution in [0.2, 0.25) is 0 Å². The number of ketones is 1. The van der Waals surface area contributed by atoms with E-state index in [1.807, 2.05) is 5.32 Å². The number of rotatable bonds is 9. The molecule has 42 heavy (non-hydrogen) atoms. The normalized spacial score (nSPS) is 20.6. The summed E-state index contributed by atoms with van der Waals surface area (Å²) < 4.78 is 57.0. The zero-order valence-electron chi connectivity index (χ0n) is 23.5. The number of amides is 4. The quantitative estimate of drug-likeness (QED) is 0.324. The van der Waals surface area contributed by atoms with E-state index in [0.717, 1.165) is 22.7 Å². The summed E-state index contributed by atoms with van der Waals surface area (Å²) in [4.78, 5) is 56.9. The third kappa shape index (κ3) is 6.94. The fraction of sp³-hybridized carbons (Fsp3) is 0.464. The van der Waals surface area contributed by atoms with Crippen molar-refractivity contribution < 1.29 is 42.0 Å². The fourth-order valence-electron chi connectivity index (χ4n) is 4.50. The molecule has 2 aromatic rings. The van der Waals surface area contributed by atoms with Gasteiger partial charge in [-0.1, -0.05) is 0 Å². The van der Waals surface area contributed by atoms with Crippen molar-refractivity contribution in [2.75, 3.05) is 13.2 Å². The first kappa shape index (κ1) is 31.5. The highest BCUT2D eigenvalue weighted by Gasteiger charge is 2.51. The molecule has 2 aliphatic heterocycles. The van der Waals surface area contributed by atoms with Crippen LogP contribution in [0.25, 0.3) is 0 Å². The van der Waals surface area contributed by atoms with E-state index in [1.165, 1.54) is 12.3 Å². The van der Waals surface area contributed by atoms with Crippen molar-refractivity contribution in [3.8, 4) is 11.5 Å². The van der Waals surface area contributed by atoms with E-state index in [0.29, 0.717) is 5.75 Å². The summed E-state index contributed by atoms with van der Waals surface area (Å²) in [7, 11) is 0. The number of ether oxygens (including phenoxy) is 2. The molecule has 2 fully saturated rings. The highest BCUT2D eigenvalue weighted by atomic mass is 32.2. The van der Waals surface area contributed by atoms with E-state index < -0.39 is 75.3 Å². The van der Waals surface area contributed by atoms with Crippen LogP contribution in [0.15, 0.2) is 36.5 Å². The van der Waals surface area contributed by atoms with Gasteiger partial charge in [-0.15, -0.1) is 4.72 Å². The SMILES string of the molecule is Cc1ccc(Oc2ccc(F)c([C@H](N[S+]([O-])C(C)(C)C)[C@@H](F)C(=O)C3C(=O)NC(=O)N(C4CCOCC4)C3=O)c2)cn1. The van der Waals surface area contributed by atoms with Crippen molar-refractivity contribution in [2.45, 2.75) is 63.5 Å². The van der Waals surface area contributed by atoms with Gasteiger partial charge in [0.2, 0.25) is 5.91 Å². The first-order chi connectivity index (χ1) is 19.8. The van der Waals surface area contributed by atoms with Gasteiger partial charge in [0.05, 0.1) is 6.20 Å². The molecule has 1 aromatic carbocycles. The van der Waals surface area contributed by atoms with Crippen molar-refractivity contribution in [2.24, 2.45) is 5.92 Å². The van der Waals surface area contributed by atoms with Crippen molar-refractivity contribution in [3.63, 3.8) is 0 Å². The van der Waals surface area contributed by atoms with E-state index in [4.69, 9.17) is 9.47 Å². The largest absolute Gasteiger partial charge is 0.598 e. The number of nitrogens with one attached hydrogen (secondary N) is 2. The van der Waals surface area contributed by atoms with Gasteiger partial charge in [-0.2, -0.15) is 0 Å². The Morgan fingerprint density at radius 1 is 1.19 bits per heavy atom. The molecule has 2 unspecified atom stereocenters. The first-order valence-electron chi connectivity index (χ1n) is 13.3. The molecule has 2 aliphatic rings. The predicted molar refractivity (Wildman–Crippen MR) is 147 cm³/mol. The Balaban J connectivity index is 1.67. The maximum absolute atomic E-state index is 16.3. The average Bonchev–Trinajstić information content (AvgIpc) is 2.93. The van der Waals surface area contributed by atoms with E-state index in [1.54, 1.807) is 39.8 Å². The number of halogens is 2. The van der Waals surface area contributed by atoms with Crippen LogP contribution in [0.4, 0.5) is 13.6 Å². The first-order valence-corrected chi connectivity index (χ1v) is 14.4. The van der Waals surface area contributed by atoms with E-state index in [2.05, 4.69) is 9.71 Å². The summed E-state index contributed by atoms with van der Waals surface area (Å²) in [6.07, 6.45) is -0.748. The number of aromatic nitrogens is 1. The number of urea groups is 1. The molecule has 0 saturated carbocycles. The van der Waals surface area contributed by atoms with Gasteiger partial charge in [0.15, 0.2) is 17.9 Å². The van der Waals surface area contributed by atoms with Crippen molar-refractivity contribution >= 4 is 35.0 Å². The van der Waals surface area contributed by atoms with Crippen molar-refractivity contribution in [3.05, 3.63) is 53.6 Å². The fourth-order valence-corrected chi connectivity index (χ4v) is 5.33. The zero-order valence-corrected chi connectivity index (χ0v) is 24.3. The molecule has 2 N–H and O–H groups in total. The summed E-state index contributed by atoms with van der Waals surface area (Å²) in [6, 6.07) is 3.14. The highest BCUT2D eigenvalue weighted by molar-refractivity contribution is 7.90. The molecule has 11 nitrogen and oxygen atoms in total. The lowest BCUT2D eigenvalue weighted by Gasteiger charge is -2.37. The number of hydrogen-bond donors (Lipinski definition) is 2. The van der Waals surface area contributed by atoms with Crippen LogP contribution >= 0.6 is 0 Å². The second-order valence-corrected chi connectivity index (χ2v) is 13.0. The number of Topliss-reactive ketones (excluding diaryl/α,β-unsaturated/α-hetero) is 1. The minimum Gasteiger partial charge on any atom is -0.598 e. The number of hydrogen-bond acceptors (Lipinski definition) is 9. The van der Waals surface area contributed by atoms with E-state index in [9.17, 15) is 23.7 Å². The van der Waals surface area contributed by atoms with Gasteiger partial charge in [-0.05, 0) is 70.9 Å². The molecule has 0 radical (unpaired) electrons. The Labute approximate surface area is 244 Å². The molecule has 4 amide bonds. The van der Waals surface area contributed by atoms with E-state index in [-0.39, 0.29) is 31.8 Å². The van der Waals surface area contributed by atoms with Gasteiger partial charge in [-0.3, -0.25) is 29.6 Å². The van der Waals surface area contributed by atoms with Crippen LogP contribution in [-0.2, 0) is 30.5 Å². The Morgan fingerprint density at radius 2 is 1.86 bits per heavy atom. The number of pyridine rings is 1. The number of carbonyl (C=O) groups excluding carboxylic acids is 4. The lowest BCUT2D eigenvalue weighted by molar-refractivity contribution is -0.151. The molecule has 0 bridgehead atoms. The number of carbonyl (C=O) groups is 4. The lowest BCUT2D eigenvalue weighted by Crippen LogP contribution is -2.64. The molecule has 4 rings (SSSR count). The van der Waals surface area contributed by atoms with Gasteiger partial charge in [0, 0.05) is 41.9 Å². The molecular weight excluding hydrogens is 574 g/mol. The average molecular weight is 607 g/mol. The molecular formula is C28H32F2N4O7S. The van der Waals surface area contributed by atoms with Crippen LogP contribution in [0, 0.1) is 18.7 Å². The number of alkyl halides is 1. The molecule has 14 heteroatoms. The molecule has 0 spiro atoms. The molecule has 0 aliphatic carbocycles. The summed E-state index contributed by atoms with van der Waals surface area (Å²) in [6.45, 7) is 7.02. The minimum absolute atomic E-state index is 0.0628. The molecule has 4 atom stereocenters. The number of imide groups is 2. The topological polar surface area (TPSA) is 150 Å². The predicted octanol–water partition coefficient (Wildman–Crippen LogP) is 3.20. The second kappa shape index (κ2) is 12.8. The zero-order chi connectivity index (χ0) is 30.8. The van der Waals surface area contributed by atoms with Crippen LogP contribution in [0.3, 0.4) is 0 Å². The van der Waals surface area contributed by atoms with Crippen molar-refractivity contribution in [1.82, 2.24) is 19.9 Å². The highest BCUT2D eigenvalue weighted by Crippen LogP contribution is 2.33. The summed E-state index contributed by atoms with van der Waals surface area (Å²) in [5.74, 6) is -6.79. The van der Waals surface area contributed by atoms with Crippen molar-refractivity contribution in [1.29, 1.82) is 0 Å². The number of nitrogens with zero attached hydrogens (tertiary/aromatic N) is 2. The molecule has 3 heterocycles. The van der Waals surface area contributed by atoms with Gasteiger partial charge in [0.1, 0.15) is 28.1 Å². The van der Waals surface area contributed by atoms with Gasteiger partial charge >= 0.3 is 6.03 Å². The molecule has 2 saturated heterocycles. The summed E-state index contributed by atoms with van der Waals surface area (Å²) in [5.41, 5.74) is 0.306. The van der Waals surface area contributed by atoms with E-state index >= 15 is 8.78 Å². The van der Waals surface area contributed by atoms with Crippen LogP contribution in [-0.4, -0.2) is 68.2 Å². The Bertz CT molecular complexity index is 1350. The van der Waals surface area contributed by atoms with Crippen LogP contribution in [0.1, 0.15) is 50.9 Å². The number of aryl methyl sites for hydroxylation is 1. The van der Waals surface area contributed by atoms with Gasteiger partial charge in [0.25, 0.3) is 5.91 Å². The van der Waals surface area contributed by atoms with Gasteiger partial charge < -0.3 is 14.0 Å².